The van der Waals surface area contributed by atoms with Crippen LogP contribution in [0.2, 0.25) is 0 Å². The number of carbonyl (C=O) groups excluding carboxylic acids is 1. The number of thiophene rings is 1. The highest BCUT2D eigenvalue weighted by Crippen LogP contribution is 2.22. The number of anilines is 1. The van der Waals surface area contributed by atoms with Crippen molar-refractivity contribution in [1.29, 1.82) is 0 Å². The van der Waals surface area contributed by atoms with Crippen LogP contribution in [0, 0.1) is 0 Å². The van der Waals surface area contributed by atoms with E-state index in [4.69, 9.17) is 5.11 Å². The first-order valence-electron chi connectivity index (χ1n) is 6.50. The molecule has 0 atom stereocenters. The van der Waals surface area contributed by atoms with Gasteiger partial charge in [-0.25, -0.2) is 0 Å². The van der Waals surface area contributed by atoms with E-state index in [1.54, 1.807) is 24.3 Å². The maximum Gasteiger partial charge on any atom is 0.267 e. The van der Waals surface area contributed by atoms with Gasteiger partial charge in [0.2, 0.25) is 0 Å². The topological polar surface area (TPSA) is 54.3 Å². The second-order valence-corrected chi connectivity index (χ2v) is 5.45. The molecule has 0 saturated carbocycles. The Hall–Kier alpha value is -2.37. The van der Waals surface area contributed by atoms with Crippen molar-refractivity contribution in [3.8, 4) is 5.69 Å². The van der Waals surface area contributed by atoms with Crippen molar-refractivity contribution in [2.24, 2.45) is 0 Å². The molecule has 106 valence electrons. The molecule has 2 aromatic heterocycles. The number of amides is 1. The van der Waals surface area contributed by atoms with E-state index < -0.39 is 0 Å². The minimum Gasteiger partial charge on any atom is -0.392 e. The van der Waals surface area contributed by atoms with Crippen LogP contribution in [0.1, 0.15) is 15.2 Å². The summed E-state index contributed by atoms with van der Waals surface area (Å²) in [6, 6.07) is 12.9. The Morgan fingerprint density at radius 1 is 1.14 bits per heavy atom. The number of hydrogen-bond acceptors (Lipinski definition) is 3. The van der Waals surface area contributed by atoms with Crippen molar-refractivity contribution >= 4 is 22.9 Å². The Morgan fingerprint density at radius 2 is 1.86 bits per heavy atom. The molecule has 5 heteroatoms. The highest BCUT2D eigenvalue weighted by atomic mass is 32.1. The largest absolute Gasteiger partial charge is 0.392 e. The van der Waals surface area contributed by atoms with Gasteiger partial charge in [0.05, 0.1) is 12.3 Å². The average Bonchev–Trinajstić information content (AvgIpc) is 3.18. The first kappa shape index (κ1) is 13.6. The fourth-order valence-corrected chi connectivity index (χ4v) is 2.84. The molecular weight excluding hydrogens is 284 g/mol. The average molecular weight is 298 g/mol. The van der Waals surface area contributed by atoms with Gasteiger partial charge < -0.3 is 15.0 Å². The van der Waals surface area contributed by atoms with E-state index >= 15 is 0 Å². The molecule has 0 spiro atoms. The molecule has 3 rings (SSSR count). The second-order valence-electron chi connectivity index (χ2n) is 4.53. The molecule has 0 bridgehead atoms. The van der Waals surface area contributed by atoms with Crippen LogP contribution < -0.4 is 5.32 Å². The molecule has 4 nitrogen and oxygen atoms in total. The number of aromatic nitrogens is 1. The third-order valence-corrected chi connectivity index (χ3v) is 4.03. The van der Waals surface area contributed by atoms with Crippen LogP contribution in [-0.2, 0) is 6.61 Å². The SMILES string of the molecule is O=C(Nc1ccc(CO)cc1)c1sccc1-n1cccc1. The third kappa shape index (κ3) is 2.89. The van der Waals surface area contributed by atoms with E-state index in [2.05, 4.69) is 5.32 Å². The summed E-state index contributed by atoms with van der Waals surface area (Å²) < 4.78 is 1.92. The normalized spacial score (nSPS) is 10.5. The predicted octanol–water partition coefficient (Wildman–Crippen LogP) is 3.28. The van der Waals surface area contributed by atoms with Crippen LogP contribution in [0.3, 0.4) is 0 Å². The van der Waals surface area contributed by atoms with Gasteiger partial charge >= 0.3 is 0 Å². The number of hydrogen-bond donors (Lipinski definition) is 2. The predicted molar refractivity (Wildman–Crippen MR) is 84.0 cm³/mol. The first-order valence-corrected chi connectivity index (χ1v) is 7.38. The molecule has 3 aromatic rings. The third-order valence-electron chi connectivity index (χ3n) is 3.13. The van der Waals surface area contributed by atoms with Crippen LogP contribution in [-0.4, -0.2) is 15.6 Å². The lowest BCUT2D eigenvalue weighted by atomic mass is 10.2. The standard InChI is InChI=1S/C16H14N2O2S/c19-11-12-3-5-13(6-4-12)17-16(20)15-14(7-10-21-15)18-8-1-2-9-18/h1-10,19H,11H2,(H,17,20). The molecule has 0 radical (unpaired) electrons. The van der Waals surface area contributed by atoms with E-state index in [9.17, 15) is 4.79 Å². The summed E-state index contributed by atoms with van der Waals surface area (Å²) in [7, 11) is 0. The van der Waals surface area contributed by atoms with Crippen molar-refractivity contribution in [2.75, 3.05) is 5.32 Å². The van der Waals surface area contributed by atoms with Gasteiger partial charge in [0, 0.05) is 18.1 Å². The summed E-state index contributed by atoms with van der Waals surface area (Å²) in [5.41, 5.74) is 2.40. The van der Waals surface area contributed by atoms with Crippen molar-refractivity contribution in [3.05, 3.63) is 70.7 Å². The number of aliphatic hydroxyl groups excluding tert-OH is 1. The number of nitrogens with one attached hydrogen (secondary N) is 1. The highest BCUT2D eigenvalue weighted by Gasteiger charge is 2.14. The molecule has 21 heavy (non-hydrogen) atoms. The van der Waals surface area contributed by atoms with E-state index in [0.717, 1.165) is 11.3 Å². The van der Waals surface area contributed by atoms with E-state index in [0.29, 0.717) is 10.6 Å². The van der Waals surface area contributed by atoms with Crippen molar-refractivity contribution < 1.29 is 9.90 Å². The Bertz CT molecular complexity index is 730. The Kier molecular flexibility index (Phi) is 3.85. The molecule has 2 N–H and O–H groups in total. The van der Waals surface area contributed by atoms with E-state index in [-0.39, 0.29) is 12.5 Å². The minimum absolute atomic E-state index is 0.00305. The Labute approximate surface area is 126 Å². The summed E-state index contributed by atoms with van der Waals surface area (Å²) in [4.78, 5) is 13.0. The molecule has 0 fully saturated rings. The van der Waals surface area contributed by atoms with Gasteiger partial charge in [-0.1, -0.05) is 12.1 Å². The number of rotatable bonds is 4. The highest BCUT2D eigenvalue weighted by molar-refractivity contribution is 7.12. The lowest BCUT2D eigenvalue weighted by Crippen LogP contribution is -2.12. The molecule has 0 saturated heterocycles. The molecular formula is C16H14N2O2S. The molecule has 2 heterocycles. The molecule has 1 aromatic carbocycles. The van der Waals surface area contributed by atoms with E-state index in [1.807, 2.05) is 40.5 Å². The van der Waals surface area contributed by atoms with Crippen LogP contribution in [0.4, 0.5) is 5.69 Å². The van der Waals surface area contributed by atoms with E-state index in [1.165, 1.54) is 11.3 Å². The summed E-state index contributed by atoms with van der Waals surface area (Å²) in [5, 5.41) is 13.8. The summed E-state index contributed by atoms with van der Waals surface area (Å²) in [5.74, 6) is -0.134. The monoisotopic (exact) mass is 298 g/mol. The summed E-state index contributed by atoms with van der Waals surface area (Å²) >= 11 is 1.41. The Balaban J connectivity index is 1.81. The van der Waals surface area contributed by atoms with Crippen molar-refractivity contribution in [3.63, 3.8) is 0 Å². The van der Waals surface area contributed by atoms with Gasteiger partial charge in [-0.2, -0.15) is 0 Å². The van der Waals surface area contributed by atoms with Crippen LogP contribution >= 0.6 is 11.3 Å². The zero-order chi connectivity index (χ0) is 14.7. The molecule has 0 aliphatic carbocycles. The molecule has 1 amide bonds. The van der Waals surface area contributed by atoms with Gasteiger partial charge in [0.15, 0.2) is 0 Å². The molecule has 0 aliphatic heterocycles. The lowest BCUT2D eigenvalue weighted by Gasteiger charge is -2.07. The zero-order valence-electron chi connectivity index (χ0n) is 11.2. The van der Waals surface area contributed by atoms with Crippen molar-refractivity contribution in [2.45, 2.75) is 6.61 Å². The smallest absolute Gasteiger partial charge is 0.267 e. The zero-order valence-corrected chi connectivity index (χ0v) is 12.0. The molecule has 0 unspecified atom stereocenters. The second kappa shape index (κ2) is 5.95. The quantitative estimate of drug-likeness (QED) is 0.776. The fraction of sp³-hybridized carbons (Fsp3) is 0.0625. The Morgan fingerprint density at radius 3 is 2.52 bits per heavy atom. The number of nitrogens with zero attached hydrogens (tertiary/aromatic N) is 1. The van der Waals surface area contributed by atoms with Crippen LogP contribution in [0.25, 0.3) is 5.69 Å². The van der Waals surface area contributed by atoms with Crippen LogP contribution in [0.15, 0.2) is 60.2 Å². The lowest BCUT2D eigenvalue weighted by molar-refractivity contribution is 0.103. The van der Waals surface area contributed by atoms with Gasteiger partial charge in [-0.3, -0.25) is 4.79 Å². The maximum atomic E-state index is 12.4. The maximum absolute atomic E-state index is 12.4. The van der Waals surface area contributed by atoms with Gasteiger partial charge in [-0.05, 0) is 41.3 Å². The van der Waals surface area contributed by atoms with Gasteiger partial charge in [0.1, 0.15) is 4.88 Å². The van der Waals surface area contributed by atoms with Gasteiger partial charge in [0.25, 0.3) is 5.91 Å². The molecule has 0 aliphatic rings. The minimum atomic E-state index is -0.134. The number of carbonyl (C=O) groups is 1. The summed E-state index contributed by atoms with van der Waals surface area (Å²) in [6.07, 6.45) is 3.82. The fourth-order valence-electron chi connectivity index (χ4n) is 2.05. The van der Waals surface area contributed by atoms with Crippen molar-refractivity contribution in [1.82, 2.24) is 4.57 Å². The van der Waals surface area contributed by atoms with Gasteiger partial charge in [-0.15, -0.1) is 11.3 Å². The first-order chi connectivity index (χ1) is 10.3. The number of aliphatic hydroxyl groups is 1. The summed E-state index contributed by atoms with van der Waals surface area (Å²) in [6.45, 7) is -0.00305. The number of benzene rings is 1. The van der Waals surface area contributed by atoms with Crippen LogP contribution in [0.5, 0.6) is 0 Å².